The number of ether oxygens (including phenoxy) is 1. The second-order valence-electron chi connectivity index (χ2n) is 4.94. The molecule has 4 N–H and O–H groups in total. The van der Waals surface area contributed by atoms with Gasteiger partial charge >= 0.3 is 0 Å². The van der Waals surface area contributed by atoms with Crippen LogP contribution >= 0.6 is 0 Å². The third-order valence-electron chi connectivity index (χ3n) is 3.34. The first kappa shape index (κ1) is 15.4. The Morgan fingerprint density at radius 1 is 1.60 bits per heavy atom. The number of rotatable bonds is 5. The van der Waals surface area contributed by atoms with Crippen LogP contribution in [0.4, 0.5) is 0 Å². The minimum absolute atomic E-state index is 0.0262. The lowest BCUT2D eigenvalue weighted by Gasteiger charge is -2.29. The van der Waals surface area contributed by atoms with Crippen molar-refractivity contribution >= 4 is 10.0 Å². The van der Waals surface area contributed by atoms with Gasteiger partial charge in [-0.05, 0) is 14.0 Å². The van der Waals surface area contributed by atoms with Crippen molar-refractivity contribution in [1.82, 2.24) is 19.8 Å². The predicted molar refractivity (Wildman–Crippen MR) is 73.6 cm³/mol. The van der Waals surface area contributed by atoms with Crippen LogP contribution in [0.2, 0.25) is 0 Å². The molecule has 0 aliphatic carbocycles. The molecule has 1 fully saturated rings. The zero-order valence-corrected chi connectivity index (χ0v) is 12.5. The largest absolute Gasteiger partial charge is 0.374 e. The van der Waals surface area contributed by atoms with E-state index in [4.69, 9.17) is 10.5 Å². The van der Waals surface area contributed by atoms with Crippen molar-refractivity contribution in [3.63, 3.8) is 0 Å². The number of sulfonamides is 1. The number of hydrogen-bond acceptors (Lipinski definition) is 6. The number of nitrogens with one attached hydrogen (secondary N) is 2. The number of aromatic nitrogens is 2. The van der Waals surface area contributed by atoms with E-state index in [0.717, 1.165) is 6.54 Å². The van der Waals surface area contributed by atoms with Gasteiger partial charge in [0.1, 0.15) is 0 Å². The fourth-order valence-corrected chi connectivity index (χ4v) is 3.42. The second kappa shape index (κ2) is 6.19. The predicted octanol–water partition coefficient (Wildman–Crippen LogP) is -1.21. The Balaban J connectivity index is 2.04. The molecule has 1 aliphatic rings. The van der Waals surface area contributed by atoms with Crippen molar-refractivity contribution in [2.75, 3.05) is 33.3 Å². The Kier molecular flexibility index (Phi) is 4.76. The third kappa shape index (κ3) is 3.36. The maximum atomic E-state index is 12.2. The van der Waals surface area contributed by atoms with Crippen molar-refractivity contribution in [2.45, 2.75) is 24.6 Å². The smallest absolute Gasteiger partial charge is 0.260 e. The summed E-state index contributed by atoms with van der Waals surface area (Å²) in [5.74, 6) is 0. The molecular formula is C11H21N5O3S. The molecule has 0 bridgehead atoms. The Bertz CT molecular complexity index is 556. The molecule has 1 atom stereocenters. The monoisotopic (exact) mass is 303 g/mol. The Morgan fingerprint density at radius 2 is 2.35 bits per heavy atom. The van der Waals surface area contributed by atoms with Gasteiger partial charge in [-0.2, -0.15) is 5.10 Å². The summed E-state index contributed by atoms with van der Waals surface area (Å²) in [6, 6.07) is 0. The standard InChI is InChI=1S/C11H21N5O3S/c1-8-10(5-12)11(15-14-8)20(17,18)13-6-9-7-16(2)3-4-19-9/h9,13H,3-7,12H2,1-2H3,(H,14,15). The maximum Gasteiger partial charge on any atom is 0.260 e. The second-order valence-corrected chi connectivity index (χ2v) is 6.63. The zero-order valence-electron chi connectivity index (χ0n) is 11.7. The van der Waals surface area contributed by atoms with Crippen LogP contribution in [0.25, 0.3) is 0 Å². The highest BCUT2D eigenvalue weighted by atomic mass is 32.2. The van der Waals surface area contributed by atoms with Gasteiger partial charge in [-0.25, -0.2) is 13.1 Å². The highest BCUT2D eigenvalue weighted by Gasteiger charge is 2.25. The molecule has 0 spiro atoms. The average Bonchev–Trinajstić information content (AvgIpc) is 2.78. The molecule has 1 aromatic rings. The van der Waals surface area contributed by atoms with Crippen LogP contribution in [0.1, 0.15) is 11.3 Å². The molecule has 1 unspecified atom stereocenters. The summed E-state index contributed by atoms with van der Waals surface area (Å²) in [5, 5.41) is 6.45. The molecule has 2 heterocycles. The number of aromatic amines is 1. The Morgan fingerprint density at radius 3 is 3.00 bits per heavy atom. The lowest BCUT2D eigenvalue weighted by atomic mass is 10.3. The quantitative estimate of drug-likeness (QED) is 0.629. The van der Waals surface area contributed by atoms with Gasteiger partial charge < -0.3 is 15.4 Å². The summed E-state index contributed by atoms with van der Waals surface area (Å²) in [6.07, 6.45) is -0.148. The van der Waals surface area contributed by atoms with Gasteiger partial charge in [0.15, 0.2) is 5.03 Å². The van der Waals surface area contributed by atoms with Crippen LogP contribution in [0.5, 0.6) is 0 Å². The molecule has 9 heteroatoms. The van der Waals surface area contributed by atoms with Crippen LogP contribution in [-0.2, 0) is 21.3 Å². The average molecular weight is 303 g/mol. The Hall–Kier alpha value is -1.00. The highest BCUT2D eigenvalue weighted by molar-refractivity contribution is 7.89. The normalized spacial score (nSPS) is 21.2. The van der Waals surface area contributed by atoms with Crippen LogP contribution in [0, 0.1) is 6.92 Å². The first-order valence-corrected chi connectivity index (χ1v) is 7.96. The van der Waals surface area contributed by atoms with E-state index in [1.165, 1.54) is 0 Å². The Labute approximate surface area is 118 Å². The number of likely N-dealkylation sites (N-methyl/N-ethyl adjacent to an activating group) is 1. The summed E-state index contributed by atoms with van der Waals surface area (Å²) in [5.41, 5.74) is 6.75. The summed E-state index contributed by atoms with van der Waals surface area (Å²) >= 11 is 0. The highest BCUT2D eigenvalue weighted by Crippen LogP contribution is 2.15. The summed E-state index contributed by atoms with van der Waals surface area (Å²) in [7, 11) is -1.69. The fraction of sp³-hybridized carbons (Fsp3) is 0.727. The maximum absolute atomic E-state index is 12.2. The van der Waals surface area contributed by atoms with E-state index in [9.17, 15) is 8.42 Å². The number of hydrogen-bond donors (Lipinski definition) is 3. The molecule has 0 amide bonds. The van der Waals surface area contributed by atoms with Crippen LogP contribution in [0.3, 0.4) is 0 Å². The summed E-state index contributed by atoms with van der Waals surface area (Å²) in [6.45, 7) is 4.26. The molecule has 114 valence electrons. The molecule has 1 aromatic heterocycles. The van der Waals surface area contributed by atoms with Crippen LogP contribution in [-0.4, -0.2) is 62.9 Å². The summed E-state index contributed by atoms with van der Waals surface area (Å²) in [4.78, 5) is 2.10. The number of nitrogens with two attached hydrogens (primary N) is 1. The van der Waals surface area contributed by atoms with E-state index >= 15 is 0 Å². The van der Waals surface area contributed by atoms with E-state index in [1.54, 1.807) is 6.92 Å². The van der Waals surface area contributed by atoms with Crippen LogP contribution < -0.4 is 10.5 Å². The molecule has 2 rings (SSSR count). The van der Waals surface area contributed by atoms with Crippen molar-refractivity contribution in [3.8, 4) is 0 Å². The zero-order chi connectivity index (χ0) is 14.8. The molecule has 1 saturated heterocycles. The third-order valence-corrected chi connectivity index (χ3v) is 4.73. The molecule has 1 aliphatic heterocycles. The molecule has 0 saturated carbocycles. The SMILES string of the molecule is Cc1[nH]nc(S(=O)(=O)NCC2CN(C)CCO2)c1CN. The molecule has 0 radical (unpaired) electrons. The van der Waals surface area contributed by atoms with Gasteiger partial charge in [0, 0.05) is 37.4 Å². The van der Waals surface area contributed by atoms with E-state index < -0.39 is 10.0 Å². The number of aryl methyl sites for hydroxylation is 1. The number of morpholine rings is 1. The van der Waals surface area contributed by atoms with Gasteiger partial charge in [-0.3, -0.25) is 5.10 Å². The van der Waals surface area contributed by atoms with Gasteiger partial charge in [-0.1, -0.05) is 0 Å². The van der Waals surface area contributed by atoms with Crippen molar-refractivity contribution in [1.29, 1.82) is 0 Å². The molecule has 0 aromatic carbocycles. The molecular weight excluding hydrogens is 282 g/mol. The minimum Gasteiger partial charge on any atom is -0.374 e. The summed E-state index contributed by atoms with van der Waals surface area (Å²) < 4.78 is 32.5. The van der Waals surface area contributed by atoms with Gasteiger partial charge in [0.2, 0.25) is 0 Å². The van der Waals surface area contributed by atoms with Gasteiger partial charge in [0.25, 0.3) is 10.0 Å². The van der Waals surface area contributed by atoms with E-state index in [-0.39, 0.29) is 24.2 Å². The number of H-pyrrole nitrogens is 1. The number of nitrogens with zero attached hydrogens (tertiary/aromatic N) is 2. The first-order valence-electron chi connectivity index (χ1n) is 6.47. The minimum atomic E-state index is -3.67. The van der Waals surface area contributed by atoms with Gasteiger partial charge in [0.05, 0.1) is 12.7 Å². The van der Waals surface area contributed by atoms with Gasteiger partial charge in [-0.15, -0.1) is 0 Å². The fourth-order valence-electron chi connectivity index (χ4n) is 2.15. The van der Waals surface area contributed by atoms with E-state index in [2.05, 4.69) is 19.8 Å². The molecule has 20 heavy (non-hydrogen) atoms. The lowest BCUT2D eigenvalue weighted by molar-refractivity contribution is -0.0156. The first-order chi connectivity index (χ1) is 9.44. The van der Waals surface area contributed by atoms with E-state index in [1.807, 2.05) is 7.05 Å². The van der Waals surface area contributed by atoms with Crippen LogP contribution in [0.15, 0.2) is 5.03 Å². The van der Waals surface area contributed by atoms with E-state index in [0.29, 0.717) is 24.4 Å². The van der Waals surface area contributed by atoms with Crippen molar-refractivity contribution in [2.24, 2.45) is 5.73 Å². The molecule has 8 nitrogen and oxygen atoms in total. The lowest BCUT2D eigenvalue weighted by Crippen LogP contribution is -2.46. The topological polar surface area (TPSA) is 113 Å². The van der Waals surface area contributed by atoms with Crippen molar-refractivity contribution < 1.29 is 13.2 Å². The van der Waals surface area contributed by atoms with Crippen molar-refractivity contribution in [3.05, 3.63) is 11.3 Å².